The standard InChI is InChI=1S/C15H28N2O/c16-12-14-9-5-11-17(14)15(18)10-4-8-13-6-2-1-3-7-13/h13-14H,1-12,16H2. The van der Waals surface area contributed by atoms with E-state index in [1.165, 1.54) is 38.5 Å². The summed E-state index contributed by atoms with van der Waals surface area (Å²) in [6.45, 7) is 1.57. The lowest BCUT2D eigenvalue weighted by Crippen LogP contribution is -2.39. The molecule has 2 rings (SSSR count). The van der Waals surface area contributed by atoms with Crippen molar-refractivity contribution in [3.05, 3.63) is 0 Å². The zero-order valence-electron chi connectivity index (χ0n) is 11.6. The summed E-state index contributed by atoms with van der Waals surface area (Å²) in [4.78, 5) is 14.2. The molecule has 1 aliphatic carbocycles. The van der Waals surface area contributed by atoms with E-state index in [0.717, 1.165) is 38.1 Å². The zero-order valence-corrected chi connectivity index (χ0v) is 11.6. The van der Waals surface area contributed by atoms with Crippen LogP contribution in [0.2, 0.25) is 0 Å². The lowest BCUT2D eigenvalue weighted by Gasteiger charge is -2.24. The maximum absolute atomic E-state index is 12.1. The Morgan fingerprint density at radius 3 is 2.61 bits per heavy atom. The van der Waals surface area contributed by atoms with Gasteiger partial charge in [0.05, 0.1) is 0 Å². The molecule has 2 fully saturated rings. The number of hydrogen-bond donors (Lipinski definition) is 1. The molecule has 104 valence electrons. The van der Waals surface area contributed by atoms with Gasteiger partial charge in [0.2, 0.25) is 5.91 Å². The number of amides is 1. The van der Waals surface area contributed by atoms with Crippen LogP contribution in [-0.2, 0) is 4.79 Å². The number of rotatable bonds is 5. The van der Waals surface area contributed by atoms with Crippen LogP contribution in [0, 0.1) is 5.92 Å². The van der Waals surface area contributed by atoms with E-state index in [2.05, 4.69) is 0 Å². The fourth-order valence-corrected chi connectivity index (χ4v) is 3.57. The van der Waals surface area contributed by atoms with Gasteiger partial charge in [-0.2, -0.15) is 0 Å². The van der Waals surface area contributed by atoms with Gasteiger partial charge in [0.25, 0.3) is 0 Å². The van der Waals surface area contributed by atoms with Crippen LogP contribution in [0.5, 0.6) is 0 Å². The largest absolute Gasteiger partial charge is 0.338 e. The number of carbonyl (C=O) groups is 1. The highest BCUT2D eigenvalue weighted by molar-refractivity contribution is 5.76. The third kappa shape index (κ3) is 3.71. The van der Waals surface area contributed by atoms with Crippen LogP contribution in [0.3, 0.4) is 0 Å². The molecule has 1 atom stereocenters. The highest BCUT2D eigenvalue weighted by atomic mass is 16.2. The van der Waals surface area contributed by atoms with Crippen LogP contribution < -0.4 is 5.73 Å². The molecule has 1 amide bonds. The molecule has 18 heavy (non-hydrogen) atoms. The van der Waals surface area contributed by atoms with E-state index < -0.39 is 0 Å². The first kappa shape index (κ1) is 13.9. The Kier molecular flexibility index (Phi) is 5.48. The van der Waals surface area contributed by atoms with Crippen molar-refractivity contribution < 1.29 is 4.79 Å². The van der Waals surface area contributed by atoms with Crippen molar-refractivity contribution in [1.82, 2.24) is 4.90 Å². The Morgan fingerprint density at radius 1 is 1.11 bits per heavy atom. The molecular formula is C15H28N2O. The average Bonchev–Trinajstić information content (AvgIpc) is 2.88. The second-order valence-electron chi connectivity index (χ2n) is 6.02. The molecule has 0 aromatic heterocycles. The first-order valence-corrected chi connectivity index (χ1v) is 7.81. The van der Waals surface area contributed by atoms with Gasteiger partial charge in [-0.25, -0.2) is 0 Å². The SMILES string of the molecule is NCC1CCCN1C(=O)CCCC1CCCCC1. The van der Waals surface area contributed by atoms with Crippen molar-refractivity contribution in [3.63, 3.8) is 0 Å². The third-order valence-corrected chi connectivity index (χ3v) is 4.70. The van der Waals surface area contributed by atoms with Crippen molar-refractivity contribution in [1.29, 1.82) is 0 Å². The smallest absolute Gasteiger partial charge is 0.222 e. The summed E-state index contributed by atoms with van der Waals surface area (Å²) in [5.41, 5.74) is 5.71. The second kappa shape index (κ2) is 7.13. The quantitative estimate of drug-likeness (QED) is 0.817. The Bertz CT molecular complexity index is 261. The minimum Gasteiger partial charge on any atom is -0.338 e. The minimum absolute atomic E-state index is 0.326. The third-order valence-electron chi connectivity index (χ3n) is 4.70. The molecule has 0 aromatic rings. The number of likely N-dealkylation sites (tertiary alicyclic amines) is 1. The summed E-state index contributed by atoms with van der Waals surface area (Å²) in [6.07, 6.45) is 12.3. The molecule has 1 heterocycles. The van der Waals surface area contributed by atoms with Crippen molar-refractivity contribution in [2.24, 2.45) is 11.7 Å². The number of carbonyl (C=O) groups excluding carboxylic acids is 1. The Hall–Kier alpha value is -0.570. The highest BCUT2D eigenvalue weighted by Gasteiger charge is 2.27. The van der Waals surface area contributed by atoms with Crippen LogP contribution in [-0.4, -0.2) is 29.9 Å². The summed E-state index contributed by atoms with van der Waals surface area (Å²) >= 11 is 0. The van der Waals surface area contributed by atoms with E-state index in [4.69, 9.17) is 5.73 Å². The van der Waals surface area contributed by atoms with Crippen molar-refractivity contribution in [3.8, 4) is 0 Å². The zero-order chi connectivity index (χ0) is 12.8. The highest BCUT2D eigenvalue weighted by Crippen LogP contribution is 2.28. The van der Waals surface area contributed by atoms with E-state index in [1.54, 1.807) is 0 Å². The predicted octanol–water partition coefficient (Wildman–Crippen LogP) is 2.69. The van der Waals surface area contributed by atoms with Gasteiger partial charge in [0.15, 0.2) is 0 Å². The number of nitrogens with two attached hydrogens (primary N) is 1. The molecule has 0 radical (unpaired) electrons. The van der Waals surface area contributed by atoms with Crippen molar-refractivity contribution >= 4 is 5.91 Å². The van der Waals surface area contributed by atoms with E-state index in [0.29, 0.717) is 18.5 Å². The van der Waals surface area contributed by atoms with Gasteiger partial charge in [-0.15, -0.1) is 0 Å². The molecule has 1 saturated carbocycles. The lowest BCUT2D eigenvalue weighted by atomic mass is 9.86. The van der Waals surface area contributed by atoms with Crippen LogP contribution in [0.1, 0.15) is 64.2 Å². The second-order valence-corrected chi connectivity index (χ2v) is 6.02. The fraction of sp³-hybridized carbons (Fsp3) is 0.933. The maximum Gasteiger partial charge on any atom is 0.222 e. The van der Waals surface area contributed by atoms with E-state index in [-0.39, 0.29) is 0 Å². The van der Waals surface area contributed by atoms with Gasteiger partial charge in [-0.3, -0.25) is 4.79 Å². The summed E-state index contributed by atoms with van der Waals surface area (Å²) in [5, 5.41) is 0. The van der Waals surface area contributed by atoms with Gasteiger partial charge in [0, 0.05) is 25.6 Å². The summed E-state index contributed by atoms with van der Waals surface area (Å²) in [7, 11) is 0. The fourth-order valence-electron chi connectivity index (χ4n) is 3.57. The van der Waals surface area contributed by atoms with Crippen molar-refractivity contribution in [2.75, 3.05) is 13.1 Å². The summed E-state index contributed by atoms with van der Waals surface area (Å²) in [6, 6.07) is 0.326. The Balaban J connectivity index is 1.64. The number of hydrogen-bond acceptors (Lipinski definition) is 2. The van der Waals surface area contributed by atoms with E-state index >= 15 is 0 Å². The van der Waals surface area contributed by atoms with Gasteiger partial charge in [-0.05, 0) is 31.6 Å². The van der Waals surface area contributed by atoms with Crippen LogP contribution in [0.15, 0.2) is 0 Å². The van der Waals surface area contributed by atoms with Crippen LogP contribution in [0.25, 0.3) is 0 Å². The topological polar surface area (TPSA) is 46.3 Å². The first-order valence-electron chi connectivity index (χ1n) is 7.81. The summed E-state index contributed by atoms with van der Waals surface area (Å²) in [5.74, 6) is 1.24. The molecule has 1 aliphatic heterocycles. The molecule has 2 N–H and O–H groups in total. The average molecular weight is 252 g/mol. The predicted molar refractivity (Wildman–Crippen MR) is 74.2 cm³/mol. The van der Waals surface area contributed by atoms with Gasteiger partial charge < -0.3 is 10.6 Å². The molecule has 1 unspecified atom stereocenters. The number of nitrogens with zero attached hydrogens (tertiary/aromatic N) is 1. The molecule has 2 aliphatic rings. The van der Waals surface area contributed by atoms with E-state index in [1.807, 2.05) is 4.90 Å². The Labute approximate surface area is 111 Å². The van der Waals surface area contributed by atoms with Crippen LogP contribution in [0.4, 0.5) is 0 Å². The van der Waals surface area contributed by atoms with Crippen LogP contribution >= 0.6 is 0 Å². The monoisotopic (exact) mass is 252 g/mol. The molecule has 3 heteroatoms. The normalized spacial score (nSPS) is 25.6. The lowest BCUT2D eigenvalue weighted by molar-refractivity contribution is -0.132. The van der Waals surface area contributed by atoms with Crippen molar-refractivity contribution in [2.45, 2.75) is 70.3 Å². The van der Waals surface area contributed by atoms with E-state index in [9.17, 15) is 4.79 Å². The molecule has 0 bridgehead atoms. The molecule has 0 spiro atoms. The first-order chi connectivity index (χ1) is 8.81. The molecule has 0 aromatic carbocycles. The van der Waals surface area contributed by atoms with Gasteiger partial charge in [-0.1, -0.05) is 32.1 Å². The van der Waals surface area contributed by atoms with Gasteiger partial charge >= 0.3 is 0 Å². The summed E-state index contributed by atoms with van der Waals surface area (Å²) < 4.78 is 0. The van der Waals surface area contributed by atoms with Gasteiger partial charge in [0.1, 0.15) is 0 Å². The Morgan fingerprint density at radius 2 is 1.89 bits per heavy atom. The molecular weight excluding hydrogens is 224 g/mol. The molecule has 3 nitrogen and oxygen atoms in total. The molecule has 1 saturated heterocycles. The minimum atomic E-state index is 0.326. The maximum atomic E-state index is 12.1.